The molecule has 1 aliphatic rings. The fraction of sp³-hybridized carbons (Fsp3) is 0.207. The summed E-state index contributed by atoms with van der Waals surface area (Å²) in [5.74, 6) is -0.477. The number of rotatable bonds is 7. The van der Waals surface area contributed by atoms with Crippen LogP contribution in [0.2, 0.25) is 5.02 Å². The molecule has 9 heteroatoms. The molecule has 0 fully saturated rings. The molecule has 1 aromatic heterocycles. The molecule has 2 heterocycles. The lowest BCUT2D eigenvalue weighted by molar-refractivity contribution is -0.136. The Bertz CT molecular complexity index is 1470. The fourth-order valence-electron chi connectivity index (χ4n) is 4.78. The van der Waals surface area contributed by atoms with Crippen molar-refractivity contribution in [2.75, 3.05) is 6.54 Å². The zero-order valence-electron chi connectivity index (χ0n) is 20.9. The van der Waals surface area contributed by atoms with Crippen LogP contribution in [0.15, 0.2) is 79.1 Å². The lowest BCUT2D eigenvalue weighted by Gasteiger charge is -2.32. The summed E-state index contributed by atoms with van der Waals surface area (Å²) < 4.78 is 1.49. The Labute approximate surface area is 225 Å². The number of aryl methyl sites for hydroxylation is 1. The van der Waals surface area contributed by atoms with Crippen LogP contribution in [-0.2, 0) is 29.0 Å². The predicted molar refractivity (Wildman–Crippen MR) is 146 cm³/mol. The van der Waals surface area contributed by atoms with E-state index in [4.69, 9.17) is 11.6 Å². The first-order valence-corrected chi connectivity index (χ1v) is 12.8. The molecule has 0 saturated heterocycles. The normalized spacial score (nSPS) is 13.8. The molecule has 38 heavy (non-hydrogen) atoms. The zero-order valence-corrected chi connectivity index (χ0v) is 21.7. The number of nitrogens with zero attached hydrogens (tertiary/aromatic N) is 5. The first-order valence-electron chi connectivity index (χ1n) is 12.4. The molecule has 1 aliphatic heterocycles. The number of nitrogens with one attached hydrogen (secondary N) is 1. The third-order valence-electron chi connectivity index (χ3n) is 6.71. The Balaban J connectivity index is 1.35. The quantitative estimate of drug-likeness (QED) is 0.368. The molecule has 0 aliphatic carbocycles. The fourth-order valence-corrected chi connectivity index (χ4v) is 4.96. The van der Waals surface area contributed by atoms with E-state index in [1.165, 1.54) is 28.2 Å². The lowest BCUT2D eigenvalue weighted by atomic mass is 9.94. The average Bonchev–Trinajstić information content (AvgIpc) is 3.46. The molecule has 0 radical (unpaired) electrons. The zero-order chi connectivity index (χ0) is 26.5. The predicted octanol–water partition coefficient (Wildman–Crippen LogP) is 3.95. The van der Waals surface area contributed by atoms with E-state index in [-0.39, 0.29) is 11.8 Å². The van der Waals surface area contributed by atoms with Gasteiger partial charge in [0, 0.05) is 36.2 Å². The molecular formula is C29H27ClN6O2. The summed E-state index contributed by atoms with van der Waals surface area (Å²) in [6, 6.07) is 20.4. The van der Waals surface area contributed by atoms with Gasteiger partial charge in [-0.05, 0) is 70.3 Å². The Morgan fingerprint density at radius 1 is 1.11 bits per heavy atom. The maximum absolute atomic E-state index is 13.7. The summed E-state index contributed by atoms with van der Waals surface area (Å²) >= 11 is 6.20. The second kappa shape index (κ2) is 11.4. The minimum absolute atomic E-state index is 0.0973. The van der Waals surface area contributed by atoms with Crippen molar-refractivity contribution in [1.29, 1.82) is 0 Å². The smallest absolute Gasteiger partial charge is 0.245 e. The average molecular weight is 527 g/mol. The number of carbonyl (C=O) groups is 2. The van der Waals surface area contributed by atoms with E-state index in [2.05, 4.69) is 39.9 Å². The summed E-state index contributed by atoms with van der Waals surface area (Å²) in [5, 5.41) is 14.7. The maximum Gasteiger partial charge on any atom is 0.245 e. The van der Waals surface area contributed by atoms with Gasteiger partial charge in [0.15, 0.2) is 0 Å². The summed E-state index contributed by atoms with van der Waals surface area (Å²) in [4.78, 5) is 28.6. The Morgan fingerprint density at radius 3 is 2.74 bits per heavy atom. The van der Waals surface area contributed by atoms with Gasteiger partial charge in [-0.1, -0.05) is 60.1 Å². The molecule has 0 unspecified atom stereocenters. The molecule has 1 atom stereocenters. The Kier molecular flexibility index (Phi) is 7.60. The van der Waals surface area contributed by atoms with Gasteiger partial charge in [-0.3, -0.25) is 9.59 Å². The van der Waals surface area contributed by atoms with Crippen molar-refractivity contribution in [3.05, 3.63) is 112 Å². The maximum atomic E-state index is 13.7. The Morgan fingerprint density at radius 2 is 1.95 bits per heavy atom. The molecule has 5 rings (SSSR count). The summed E-state index contributed by atoms with van der Waals surface area (Å²) in [6.45, 7) is 3.25. The third kappa shape index (κ3) is 5.81. The number of halogens is 1. The second-order valence-corrected chi connectivity index (χ2v) is 9.70. The molecule has 1 N–H and O–H groups in total. The number of amides is 2. The van der Waals surface area contributed by atoms with Crippen LogP contribution in [0.5, 0.6) is 0 Å². The van der Waals surface area contributed by atoms with Crippen molar-refractivity contribution >= 4 is 29.5 Å². The van der Waals surface area contributed by atoms with Gasteiger partial charge in [0.05, 0.1) is 5.69 Å². The van der Waals surface area contributed by atoms with Crippen molar-refractivity contribution in [2.24, 2.45) is 0 Å². The van der Waals surface area contributed by atoms with Gasteiger partial charge in [0.2, 0.25) is 11.8 Å². The molecule has 4 aromatic rings. The topological polar surface area (TPSA) is 93.0 Å². The van der Waals surface area contributed by atoms with E-state index in [0.29, 0.717) is 35.8 Å². The number of hydrogen-bond donors (Lipinski definition) is 1. The van der Waals surface area contributed by atoms with Crippen LogP contribution in [0.3, 0.4) is 0 Å². The Hall–Kier alpha value is -4.30. The van der Waals surface area contributed by atoms with Crippen LogP contribution < -0.4 is 5.32 Å². The summed E-state index contributed by atoms with van der Waals surface area (Å²) in [7, 11) is 0. The van der Waals surface area contributed by atoms with Crippen LogP contribution in [-0.4, -0.2) is 49.5 Å². The van der Waals surface area contributed by atoms with Crippen LogP contribution in [0.1, 0.15) is 27.8 Å². The standard InChI is InChI=1S/C29H27ClN6O2/c1-20-6-5-9-23-18-35(15-14-25(20)23)29(38)26(16-21-7-3-2-4-8-21)32-28(37)13-10-22-17-24(30)11-12-27(22)36-19-31-33-34-36/h2-13,17,19,26H,14-16,18H2,1H3,(H,32,37)/b13-10+/t26-/m0/s1. The monoisotopic (exact) mass is 526 g/mol. The number of tetrazole rings is 1. The molecule has 2 amide bonds. The van der Waals surface area contributed by atoms with Crippen molar-refractivity contribution in [3.8, 4) is 5.69 Å². The third-order valence-corrected chi connectivity index (χ3v) is 6.94. The van der Waals surface area contributed by atoms with Gasteiger partial charge in [0.25, 0.3) is 0 Å². The summed E-state index contributed by atoms with van der Waals surface area (Å²) in [5.41, 5.74) is 6.01. The van der Waals surface area contributed by atoms with Gasteiger partial charge in [-0.2, -0.15) is 4.68 Å². The summed E-state index contributed by atoms with van der Waals surface area (Å²) in [6.07, 6.45) is 5.70. The molecular weight excluding hydrogens is 500 g/mol. The van der Waals surface area contributed by atoms with E-state index in [1.807, 2.05) is 41.3 Å². The molecule has 0 spiro atoms. The SMILES string of the molecule is Cc1cccc2c1CCN(C(=O)[C@H](Cc1ccccc1)NC(=O)/C=C/c1cc(Cl)ccc1-n1cnnn1)C2. The van der Waals surface area contributed by atoms with Crippen LogP contribution >= 0.6 is 11.6 Å². The number of fused-ring (bicyclic) bond motifs is 1. The number of carbonyl (C=O) groups excluding carboxylic acids is 2. The minimum atomic E-state index is -0.709. The minimum Gasteiger partial charge on any atom is -0.340 e. The van der Waals surface area contributed by atoms with Gasteiger partial charge in [0.1, 0.15) is 12.4 Å². The lowest BCUT2D eigenvalue weighted by Crippen LogP contribution is -2.50. The first kappa shape index (κ1) is 25.4. The van der Waals surface area contributed by atoms with Gasteiger partial charge < -0.3 is 10.2 Å². The van der Waals surface area contributed by atoms with E-state index >= 15 is 0 Å². The van der Waals surface area contributed by atoms with Crippen LogP contribution in [0.4, 0.5) is 0 Å². The van der Waals surface area contributed by atoms with E-state index in [9.17, 15) is 9.59 Å². The van der Waals surface area contributed by atoms with E-state index in [0.717, 1.165) is 17.5 Å². The number of benzene rings is 3. The van der Waals surface area contributed by atoms with Gasteiger partial charge in [-0.25, -0.2) is 0 Å². The highest BCUT2D eigenvalue weighted by atomic mass is 35.5. The van der Waals surface area contributed by atoms with E-state index in [1.54, 1.807) is 24.3 Å². The molecule has 192 valence electrons. The van der Waals surface area contributed by atoms with Crippen LogP contribution in [0, 0.1) is 6.92 Å². The molecule has 0 bridgehead atoms. The van der Waals surface area contributed by atoms with Crippen molar-refractivity contribution in [2.45, 2.75) is 32.4 Å². The van der Waals surface area contributed by atoms with Crippen molar-refractivity contribution < 1.29 is 9.59 Å². The molecule has 0 saturated carbocycles. The largest absolute Gasteiger partial charge is 0.340 e. The van der Waals surface area contributed by atoms with Crippen LogP contribution in [0.25, 0.3) is 11.8 Å². The highest BCUT2D eigenvalue weighted by Crippen LogP contribution is 2.23. The second-order valence-electron chi connectivity index (χ2n) is 9.26. The van der Waals surface area contributed by atoms with Gasteiger partial charge in [-0.15, -0.1) is 5.10 Å². The van der Waals surface area contributed by atoms with Crippen molar-refractivity contribution in [1.82, 2.24) is 30.4 Å². The first-order chi connectivity index (χ1) is 18.5. The molecule has 3 aromatic carbocycles. The number of hydrogen-bond acceptors (Lipinski definition) is 5. The number of aromatic nitrogens is 4. The molecule has 8 nitrogen and oxygen atoms in total. The van der Waals surface area contributed by atoms with E-state index < -0.39 is 6.04 Å². The van der Waals surface area contributed by atoms with Gasteiger partial charge >= 0.3 is 0 Å². The van der Waals surface area contributed by atoms with Crippen molar-refractivity contribution in [3.63, 3.8) is 0 Å². The highest BCUT2D eigenvalue weighted by molar-refractivity contribution is 6.30. The highest BCUT2D eigenvalue weighted by Gasteiger charge is 2.29.